The summed E-state index contributed by atoms with van der Waals surface area (Å²) < 4.78 is 7.51. The summed E-state index contributed by atoms with van der Waals surface area (Å²) in [5, 5.41) is 4.73. The molecular weight excluding hydrogens is 326 g/mol. The van der Waals surface area contributed by atoms with Crippen LogP contribution in [0.25, 0.3) is 33.7 Å². The summed E-state index contributed by atoms with van der Waals surface area (Å²) in [5.41, 5.74) is 3.25. The average Bonchev–Trinajstić information content (AvgIpc) is 3.14. The second-order valence-electron chi connectivity index (χ2n) is 6.38. The second-order valence-corrected chi connectivity index (χ2v) is 6.38. The fourth-order valence-corrected chi connectivity index (χ4v) is 3.16. The Morgan fingerprint density at radius 3 is 2.77 bits per heavy atom. The number of nitrogens with zero attached hydrogens (tertiary/aromatic N) is 3. The Labute approximate surface area is 150 Å². The first-order valence-corrected chi connectivity index (χ1v) is 8.70. The molecule has 4 aromatic rings. The number of para-hydroxylation sites is 1. The lowest BCUT2D eigenvalue weighted by molar-refractivity contribution is 0.431. The fraction of sp³-hybridized carbons (Fsp3) is 0.190. The topological polar surface area (TPSA) is 60.9 Å². The van der Waals surface area contributed by atoms with Gasteiger partial charge in [0.2, 0.25) is 11.3 Å². The maximum atomic E-state index is 12.9. The Kier molecular flexibility index (Phi) is 4.13. The molecule has 0 atom stereocenters. The largest absolute Gasteiger partial charge is 0.346 e. The third kappa shape index (κ3) is 2.81. The maximum absolute atomic E-state index is 12.9. The van der Waals surface area contributed by atoms with Crippen molar-refractivity contribution in [3.8, 4) is 22.8 Å². The lowest BCUT2D eigenvalue weighted by Crippen LogP contribution is -2.12. The molecule has 0 aliphatic carbocycles. The van der Waals surface area contributed by atoms with Gasteiger partial charge < -0.3 is 9.09 Å². The molecule has 0 fully saturated rings. The number of benzene rings is 2. The number of aryl methyl sites for hydroxylation is 2. The van der Waals surface area contributed by atoms with Crippen molar-refractivity contribution in [2.75, 3.05) is 0 Å². The molecular formula is C21H19N3O2. The van der Waals surface area contributed by atoms with E-state index in [2.05, 4.69) is 21.6 Å². The van der Waals surface area contributed by atoms with Crippen LogP contribution < -0.4 is 5.43 Å². The predicted molar refractivity (Wildman–Crippen MR) is 102 cm³/mol. The molecule has 0 saturated carbocycles. The zero-order valence-electron chi connectivity index (χ0n) is 14.8. The lowest BCUT2D eigenvalue weighted by atomic mass is 10.1. The summed E-state index contributed by atoms with van der Waals surface area (Å²) in [6, 6.07) is 15.5. The monoisotopic (exact) mass is 345 g/mol. The summed E-state index contributed by atoms with van der Waals surface area (Å²) in [4.78, 5) is 17.4. The number of rotatable bonds is 4. The zero-order valence-corrected chi connectivity index (χ0v) is 14.8. The number of fused-ring (bicyclic) bond motifs is 1. The van der Waals surface area contributed by atoms with E-state index in [9.17, 15) is 4.79 Å². The van der Waals surface area contributed by atoms with Gasteiger partial charge in [-0.1, -0.05) is 48.0 Å². The SMILES string of the molecule is CCCn1cc(-c2nc(-c3cccc(C)c3)no2)c(=O)c2ccccc21. The molecule has 5 nitrogen and oxygen atoms in total. The third-order valence-corrected chi connectivity index (χ3v) is 4.38. The van der Waals surface area contributed by atoms with Crippen molar-refractivity contribution in [3.63, 3.8) is 0 Å². The number of hydrogen-bond acceptors (Lipinski definition) is 4. The summed E-state index contributed by atoms with van der Waals surface area (Å²) >= 11 is 0. The van der Waals surface area contributed by atoms with Gasteiger partial charge >= 0.3 is 0 Å². The van der Waals surface area contributed by atoms with Gasteiger partial charge in [-0.3, -0.25) is 4.79 Å². The van der Waals surface area contributed by atoms with E-state index < -0.39 is 0 Å². The van der Waals surface area contributed by atoms with Gasteiger partial charge in [-0.05, 0) is 31.5 Å². The van der Waals surface area contributed by atoms with Crippen molar-refractivity contribution < 1.29 is 4.52 Å². The molecule has 130 valence electrons. The Balaban J connectivity index is 1.87. The van der Waals surface area contributed by atoms with Crippen LogP contribution in [0.1, 0.15) is 18.9 Å². The highest BCUT2D eigenvalue weighted by molar-refractivity contribution is 5.82. The predicted octanol–water partition coefficient (Wildman–Crippen LogP) is 4.44. The minimum absolute atomic E-state index is 0.0904. The number of pyridine rings is 1. The van der Waals surface area contributed by atoms with Crippen molar-refractivity contribution in [1.29, 1.82) is 0 Å². The molecule has 0 radical (unpaired) electrons. The van der Waals surface area contributed by atoms with Crippen LogP contribution in [0.15, 0.2) is 64.0 Å². The Hall–Kier alpha value is -3.21. The summed E-state index contributed by atoms with van der Waals surface area (Å²) in [5.74, 6) is 0.736. The van der Waals surface area contributed by atoms with Gasteiger partial charge in [-0.15, -0.1) is 0 Å². The highest BCUT2D eigenvalue weighted by Crippen LogP contribution is 2.23. The van der Waals surface area contributed by atoms with E-state index in [1.165, 1.54) is 0 Å². The van der Waals surface area contributed by atoms with E-state index in [4.69, 9.17) is 4.52 Å². The summed E-state index contributed by atoms with van der Waals surface area (Å²) in [7, 11) is 0. The van der Waals surface area contributed by atoms with E-state index in [-0.39, 0.29) is 11.3 Å². The minimum atomic E-state index is -0.0904. The van der Waals surface area contributed by atoms with Crippen molar-refractivity contribution in [1.82, 2.24) is 14.7 Å². The molecule has 0 saturated heterocycles. The van der Waals surface area contributed by atoms with Crippen LogP contribution in [0.3, 0.4) is 0 Å². The first-order valence-electron chi connectivity index (χ1n) is 8.70. The molecule has 0 N–H and O–H groups in total. The van der Waals surface area contributed by atoms with Gasteiger partial charge in [0.05, 0.1) is 5.52 Å². The Bertz CT molecular complexity index is 1140. The third-order valence-electron chi connectivity index (χ3n) is 4.38. The maximum Gasteiger partial charge on any atom is 0.263 e. The van der Waals surface area contributed by atoms with Gasteiger partial charge in [-0.2, -0.15) is 4.98 Å². The fourth-order valence-electron chi connectivity index (χ4n) is 3.16. The first kappa shape index (κ1) is 16.3. The van der Waals surface area contributed by atoms with Crippen LogP contribution >= 0.6 is 0 Å². The molecule has 2 aromatic heterocycles. The normalized spacial score (nSPS) is 11.2. The van der Waals surface area contributed by atoms with E-state index in [1.54, 1.807) is 0 Å². The molecule has 0 spiro atoms. The quantitative estimate of drug-likeness (QED) is 0.549. The minimum Gasteiger partial charge on any atom is -0.346 e. The van der Waals surface area contributed by atoms with E-state index in [1.807, 2.05) is 61.7 Å². The van der Waals surface area contributed by atoms with Crippen molar-refractivity contribution in [2.24, 2.45) is 0 Å². The second kappa shape index (κ2) is 6.59. The first-order chi connectivity index (χ1) is 12.7. The number of hydrogen-bond donors (Lipinski definition) is 0. The Morgan fingerprint density at radius 1 is 1.12 bits per heavy atom. The molecule has 4 rings (SSSR count). The average molecular weight is 345 g/mol. The van der Waals surface area contributed by atoms with Crippen molar-refractivity contribution in [2.45, 2.75) is 26.8 Å². The highest BCUT2D eigenvalue weighted by atomic mass is 16.5. The molecule has 2 aromatic carbocycles. The molecule has 5 heteroatoms. The summed E-state index contributed by atoms with van der Waals surface area (Å²) in [6.07, 6.45) is 2.78. The van der Waals surface area contributed by atoms with Crippen LogP contribution in [0.2, 0.25) is 0 Å². The molecule has 0 aliphatic heterocycles. The zero-order chi connectivity index (χ0) is 18.1. The molecule has 0 aliphatic rings. The van der Waals surface area contributed by atoms with E-state index in [0.717, 1.165) is 29.6 Å². The molecule has 0 bridgehead atoms. The smallest absolute Gasteiger partial charge is 0.263 e. The van der Waals surface area contributed by atoms with Gasteiger partial charge in [-0.25, -0.2) is 0 Å². The highest BCUT2D eigenvalue weighted by Gasteiger charge is 2.17. The molecule has 0 amide bonds. The van der Waals surface area contributed by atoms with E-state index in [0.29, 0.717) is 16.8 Å². The van der Waals surface area contributed by atoms with Gasteiger partial charge in [0.15, 0.2) is 0 Å². The van der Waals surface area contributed by atoms with Crippen molar-refractivity contribution in [3.05, 3.63) is 70.5 Å². The summed E-state index contributed by atoms with van der Waals surface area (Å²) in [6.45, 7) is 4.93. The van der Waals surface area contributed by atoms with Crippen LogP contribution in [0, 0.1) is 6.92 Å². The van der Waals surface area contributed by atoms with Crippen LogP contribution in [0.5, 0.6) is 0 Å². The molecule has 26 heavy (non-hydrogen) atoms. The van der Waals surface area contributed by atoms with Crippen LogP contribution in [0.4, 0.5) is 0 Å². The molecule has 0 unspecified atom stereocenters. The Morgan fingerprint density at radius 2 is 1.96 bits per heavy atom. The van der Waals surface area contributed by atoms with Gasteiger partial charge in [0.25, 0.3) is 5.89 Å². The lowest BCUT2D eigenvalue weighted by Gasteiger charge is -2.10. The standard InChI is InChI=1S/C21H19N3O2/c1-3-11-24-13-17(19(25)16-9-4-5-10-18(16)24)21-22-20(23-26-21)15-8-6-7-14(2)12-15/h4-10,12-13H,3,11H2,1-2H3. The van der Waals surface area contributed by atoms with Crippen LogP contribution in [-0.4, -0.2) is 14.7 Å². The van der Waals surface area contributed by atoms with E-state index >= 15 is 0 Å². The van der Waals surface area contributed by atoms with Gasteiger partial charge in [0.1, 0.15) is 5.56 Å². The van der Waals surface area contributed by atoms with Gasteiger partial charge in [0, 0.05) is 23.7 Å². The van der Waals surface area contributed by atoms with Crippen molar-refractivity contribution >= 4 is 10.9 Å². The number of aromatic nitrogens is 3. The van der Waals surface area contributed by atoms with Crippen LogP contribution in [-0.2, 0) is 6.54 Å². The molecule has 2 heterocycles.